The molecule has 0 atom stereocenters. The second kappa shape index (κ2) is 14.2. The van der Waals surface area contributed by atoms with Crippen LogP contribution in [-0.2, 0) is 17.8 Å². The summed E-state index contributed by atoms with van der Waals surface area (Å²) in [6.45, 7) is 3.27. The molecular formula is C21H37IN4O. The van der Waals surface area contributed by atoms with Crippen molar-refractivity contribution in [3.05, 3.63) is 35.4 Å². The Morgan fingerprint density at radius 2 is 1.67 bits per heavy atom. The molecule has 1 aromatic carbocycles. The standard InChI is InChI=1S/C21H36N4O.HI/c1-22-21(23-14-15-26-20-8-6-4-5-7-9-20)24-16-18-10-12-19(13-11-18)17-25(2)3;/h10-13,20H,4-9,14-17H2,1-3H3,(H2,22,23,24);1H. The van der Waals surface area contributed by atoms with Gasteiger partial charge < -0.3 is 20.3 Å². The summed E-state index contributed by atoms with van der Waals surface area (Å²) in [5, 5.41) is 6.71. The Balaban J connectivity index is 0.00000364. The first-order chi connectivity index (χ1) is 12.7. The van der Waals surface area contributed by atoms with Crippen LogP contribution in [0.2, 0.25) is 0 Å². The molecule has 1 fully saturated rings. The van der Waals surface area contributed by atoms with Crippen molar-refractivity contribution in [1.29, 1.82) is 0 Å². The molecule has 0 bridgehead atoms. The highest BCUT2D eigenvalue weighted by molar-refractivity contribution is 14.0. The van der Waals surface area contributed by atoms with Gasteiger partial charge in [-0.2, -0.15) is 0 Å². The number of hydrogen-bond acceptors (Lipinski definition) is 3. The van der Waals surface area contributed by atoms with E-state index in [-0.39, 0.29) is 24.0 Å². The number of aliphatic imine (C=N–C) groups is 1. The van der Waals surface area contributed by atoms with Gasteiger partial charge in [0.05, 0.1) is 12.7 Å². The Morgan fingerprint density at radius 3 is 2.26 bits per heavy atom. The average molecular weight is 488 g/mol. The molecule has 1 aromatic rings. The van der Waals surface area contributed by atoms with E-state index in [2.05, 4.69) is 58.9 Å². The molecule has 6 heteroatoms. The summed E-state index contributed by atoms with van der Waals surface area (Å²) in [6, 6.07) is 8.73. The lowest BCUT2D eigenvalue weighted by atomic mass is 10.1. The van der Waals surface area contributed by atoms with Gasteiger partial charge in [0.1, 0.15) is 0 Å². The van der Waals surface area contributed by atoms with Crippen LogP contribution in [0.25, 0.3) is 0 Å². The molecule has 27 heavy (non-hydrogen) atoms. The lowest BCUT2D eigenvalue weighted by Gasteiger charge is -2.17. The van der Waals surface area contributed by atoms with Gasteiger partial charge >= 0.3 is 0 Å². The minimum Gasteiger partial charge on any atom is -0.376 e. The predicted molar refractivity (Wildman–Crippen MR) is 125 cm³/mol. The zero-order valence-electron chi connectivity index (χ0n) is 17.2. The summed E-state index contributed by atoms with van der Waals surface area (Å²) in [7, 11) is 5.98. The maximum atomic E-state index is 6.02. The Bertz CT molecular complexity index is 525. The smallest absolute Gasteiger partial charge is 0.191 e. The van der Waals surface area contributed by atoms with Crippen LogP contribution in [0.15, 0.2) is 29.3 Å². The van der Waals surface area contributed by atoms with E-state index in [1.165, 1.54) is 49.7 Å². The van der Waals surface area contributed by atoms with E-state index in [1.54, 1.807) is 0 Å². The number of guanidine groups is 1. The van der Waals surface area contributed by atoms with Crippen LogP contribution >= 0.6 is 24.0 Å². The molecule has 0 amide bonds. The molecule has 2 N–H and O–H groups in total. The van der Waals surface area contributed by atoms with Gasteiger partial charge in [-0.1, -0.05) is 49.9 Å². The number of hydrogen-bond donors (Lipinski definition) is 2. The first-order valence-corrected chi connectivity index (χ1v) is 9.96. The Kier molecular flexibility index (Phi) is 12.7. The van der Waals surface area contributed by atoms with Crippen LogP contribution in [0, 0.1) is 0 Å². The Hall–Kier alpha value is -0.860. The van der Waals surface area contributed by atoms with Gasteiger partial charge in [0.15, 0.2) is 5.96 Å². The highest BCUT2D eigenvalue weighted by Crippen LogP contribution is 2.19. The van der Waals surface area contributed by atoms with E-state index in [4.69, 9.17) is 4.74 Å². The van der Waals surface area contributed by atoms with Crippen molar-refractivity contribution in [3.63, 3.8) is 0 Å². The van der Waals surface area contributed by atoms with Gasteiger partial charge in [-0.25, -0.2) is 0 Å². The van der Waals surface area contributed by atoms with Crippen molar-refractivity contribution in [2.45, 2.75) is 57.7 Å². The predicted octanol–water partition coefficient (Wildman–Crippen LogP) is 3.77. The number of nitrogens with one attached hydrogen (secondary N) is 2. The number of rotatable bonds is 8. The molecule has 0 heterocycles. The molecule has 0 radical (unpaired) electrons. The van der Waals surface area contributed by atoms with Crippen molar-refractivity contribution in [2.24, 2.45) is 4.99 Å². The summed E-state index contributed by atoms with van der Waals surface area (Å²) >= 11 is 0. The third-order valence-corrected chi connectivity index (χ3v) is 4.76. The minimum absolute atomic E-state index is 0. The van der Waals surface area contributed by atoms with E-state index >= 15 is 0 Å². The maximum absolute atomic E-state index is 6.02. The molecule has 2 rings (SSSR count). The van der Waals surface area contributed by atoms with Crippen LogP contribution in [0.4, 0.5) is 0 Å². The van der Waals surface area contributed by atoms with Crippen LogP contribution in [-0.4, -0.2) is 51.3 Å². The van der Waals surface area contributed by atoms with Crippen LogP contribution in [0.3, 0.4) is 0 Å². The molecule has 1 aliphatic rings. The van der Waals surface area contributed by atoms with Crippen molar-refractivity contribution >= 4 is 29.9 Å². The molecular weight excluding hydrogens is 451 g/mol. The first-order valence-electron chi connectivity index (χ1n) is 9.96. The van der Waals surface area contributed by atoms with Gasteiger partial charge in [0.25, 0.3) is 0 Å². The molecule has 154 valence electrons. The zero-order chi connectivity index (χ0) is 18.6. The fourth-order valence-electron chi connectivity index (χ4n) is 3.34. The second-order valence-corrected chi connectivity index (χ2v) is 7.39. The van der Waals surface area contributed by atoms with Crippen molar-refractivity contribution in [1.82, 2.24) is 15.5 Å². The quantitative estimate of drug-likeness (QED) is 0.192. The van der Waals surface area contributed by atoms with Gasteiger partial charge in [-0.3, -0.25) is 4.99 Å². The molecule has 0 unspecified atom stereocenters. The molecule has 0 aliphatic heterocycles. The fraction of sp³-hybridized carbons (Fsp3) is 0.667. The van der Waals surface area contributed by atoms with Gasteiger partial charge in [0, 0.05) is 26.7 Å². The van der Waals surface area contributed by atoms with E-state index in [0.29, 0.717) is 6.10 Å². The van der Waals surface area contributed by atoms with E-state index in [1.807, 2.05) is 7.05 Å². The van der Waals surface area contributed by atoms with Crippen LogP contribution in [0.1, 0.15) is 49.7 Å². The van der Waals surface area contributed by atoms with E-state index < -0.39 is 0 Å². The highest BCUT2D eigenvalue weighted by atomic mass is 127. The largest absolute Gasteiger partial charge is 0.376 e. The summed E-state index contributed by atoms with van der Waals surface area (Å²) in [4.78, 5) is 6.47. The number of nitrogens with zero attached hydrogens (tertiary/aromatic N) is 2. The Labute approximate surface area is 182 Å². The number of halogens is 1. The minimum atomic E-state index is 0. The third kappa shape index (κ3) is 10.3. The van der Waals surface area contributed by atoms with Crippen LogP contribution < -0.4 is 10.6 Å². The van der Waals surface area contributed by atoms with E-state index in [0.717, 1.165) is 32.2 Å². The second-order valence-electron chi connectivity index (χ2n) is 7.39. The van der Waals surface area contributed by atoms with Gasteiger partial charge in [-0.15, -0.1) is 24.0 Å². The first kappa shape index (κ1) is 24.2. The highest BCUT2D eigenvalue weighted by Gasteiger charge is 2.12. The van der Waals surface area contributed by atoms with Crippen molar-refractivity contribution < 1.29 is 4.74 Å². The zero-order valence-corrected chi connectivity index (χ0v) is 19.5. The topological polar surface area (TPSA) is 48.9 Å². The molecule has 0 spiro atoms. The maximum Gasteiger partial charge on any atom is 0.191 e. The number of ether oxygens (including phenoxy) is 1. The average Bonchev–Trinajstić information content (AvgIpc) is 2.91. The van der Waals surface area contributed by atoms with Crippen molar-refractivity contribution in [3.8, 4) is 0 Å². The molecule has 1 saturated carbocycles. The SMILES string of the molecule is CN=C(NCCOC1CCCCCC1)NCc1ccc(CN(C)C)cc1.I. The Morgan fingerprint density at radius 1 is 1.04 bits per heavy atom. The van der Waals surface area contributed by atoms with Gasteiger partial charge in [0.2, 0.25) is 0 Å². The lowest BCUT2D eigenvalue weighted by molar-refractivity contribution is 0.0468. The summed E-state index contributed by atoms with van der Waals surface area (Å²) in [5.41, 5.74) is 2.59. The van der Waals surface area contributed by atoms with Crippen molar-refractivity contribution in [2.75, 3.05) is 34.3 Å². The molecule has 0 aromatic heterocycles. The molecule has 5 nitrogen and oxygen atoms in total. The van der Waals surface area contributed by atoms with Crippen LogP contribution in [0.5, 0.6) is 0 Å². The fourth-order valence-corrected chi connectivity index (χ4v) is 3.34. The number of benzene rings is 1. The summed E-state index contributed by atoms with van der Waals surface area (Å²) < 4.78 is 6.02. The van der Waals surface area contributed by atoms with Gasteiger partial charge in [-0.05, 0) is 38.1 Å². The van der Waals surface area contributed by atoms with E-state index in [9.17, 15) is 0 Å². The summed E-state index contributed by atoms with van der Waals surface area (Å²) in [6.07, 6.45) is 8.25. The molecule has 0 saturated heterocycles. The summed E-state index contributed by atoms with van der Waals surface area (Å²) in [5.74, 6) is 0.826. The normalized spacial score (nSPS) is 15.9. The lowest BCUT2D eigenvalue weighted by Crippen LogP contribution is -2.38. The monoisotopic (exact) mass is 488 g/mol. The third-order valence-electron chi connectivity index (χ3n) is 4.76. The molecule has 1 aliphatic carbocycles.